The Hall–Kier alpha value is -1.76. The molecule has 0 bridgehead atoms. The fraction of sp³-hybridized carbons (Fsp3) is 0. The fourth-order valence-electron chi connectivity index (χ4n) is 1.70. The Morgan fingerprint density at radius 3 is 2.86 bits per heavy atom. The van der Waals surface area contributed by atoms with Crippen molar-refractivity contribution >= 4 is 45.3 Å². The van der Waals surface area contributed by atoms with Crippen LogP contribution in [0.2, 0.25) is 4.34 Å². The fourth-order valence-corrected chi connectivity index (χ4v) is 3.48. The van der Waals surface area contributed by atoms with E-state index in [0.29, 0.717) is 9.47 Å². The Bertz CT molecular complexity index is 800. The van der Waals surface area contributed by atoms with Gasteiger partial charge in [-0.05, 0) is 30.3 Å². The van der Waals surface area contributed by atoms with Crippen LogP contribution in [0.3, 0.4) is 0 Å². The second kappa shape index (κ2) is 5.93. The summed E-state index contributed by atoms with van der Waals surface area (Å²) in [6.45, 7) is 0. The Labute approximate surface area is 133 Å². The van der Waals surface area contributed by atoms with Crippen LogP contribution in [0, 0.1) is 5.82 Å². The molecule has 0 unspecified atom stereocenters. The molecule has 0 saturated carbocycles. The first kappa shape index (κ1) is 14.2. The zero-order valence-electron chi connectivity index (χ0n) is 10.5. The summed E-state index contributed by atoms with van der Waals surface area (Å²) in [7, 11) is 0. The number of carbonyl (C=O) groups is 1. The molecule has 7 heteroatoms. The van der Waals surface area contributed by atoms with E-state index in [9.17, 15) is 9.18 Å². The van der Waals surface area contributed by atoms with E-state index in [0.717, 1.165) is 10.6 Å². The van der Waals surface area contributed by atoms with Gasteiger partial charge in [0.05, 0.1) is 14.9 Å². The molecule has 3 nitrogen and oxygen atoms in total. The van der Waals surface area contributed by atoms with Gasteiger partial charge in [-0.15, -0.1) is 22.7 Å². The first-order chi connectivity index (χ1) is 10.1. The maximum atomic E-state index is 13.1. The molecule has 1 N–H and O–H groups in total. The van der Waals surface area contributed by atoms with Gasteiger partial charge in [-0.3, -0.25) is 10.1 Å². The summed E-state index contributed by atoms with van der Waals surface area (Å²) in [4.78, 5) is 17.2. The minimum absolute atomic E-state index is 0.255. The summed E-state index contributed by atoms with van der Waals surface area (Å²) in [5.41, 5.74) is 1.01. The van der Waals surface area contributed by atoms with Crippen LogP contribution in [-0.4, -0.2) is 10.9 Å². The number of aromatic nitrogens is 1. The molecule has 0 aliphatic carbocycles. The van der Waals surface area contributed by atoms with Crippen LogP contribution >= 0.6 is 34.3 Å². The molecule has 106 valence electrons. The zero-order chi connectivity index (χ0) is 14.8. The number of halogens is 2. The van der Waals surface area contributed by atoms with Crippen LogP contribution in [0.1, 0.15) is 10.4 Å². The molecule has 1 aromatic carbocycles. The van der Waals surface area contributed by atoms with E-state index in [1.54, 1.807) is 12.1 Å². The molecule has 3 aromatic rings. The molecule has 0 saturated heterocycles. The third-order valence-electron chi connectivity index (χ3n) is 2.64. The van der Waals surface area contributed by atoms with Crippen molar-refractivity contribution in [3.8, 4) is 10.6 Å². The topological polar surface area (TPSA) is 42.0 Å². The van der Waals surface area contributed by atoms with Gasteiger partial charge in [0.25, 0.3) is 5.91 Å². The second-order valence-corrected chi connectivity index (χ2v) is 6.68. The largest absolute Gasteiger partial charge is 0.298 e. The third-order valence-corrected chi connectivity index (χ3v) is 4.65. The van der Waals surface area contributed by atoms with E-state index in [1.807, 2.05) is 11.4 Å². The van der Waals surface area contributed by atoms with Crippen molar-refractivity contribution in [1.82, 2.24) is 4.98 Å². The summed E-state index contributed by atoms with van der Waals surface area (Å²) in [5.74, 6) is -0.838. The number of carbonyl (C=O) groups excluding carboxylic acids is 1. The zero-order valence-corrected chi connectivity index (χ0v) is 12.9. The van der Waals surface area contributed by atoms with Crippen LogP contribution in [-0.2, 0) is 0 Å². The number of thiazole rings is 1. The second-order valence-electron chi connectivity index (χ2n) is 4.11. The van der Waals surface area contributed by atoms with Gasteiger partial charge in [0.15, 0.2) is 5.13 Å². The molecular formula is C14H8ClFN2OS2. The molecular weight excluding hydrogens is 331 g/mol. The molecule has 0 spiro atoms. The van der Waals surface area contributed by atoms with E-state index in [-0.39, 0.29) is 11.5 Å². The van der Waals surface area contributed by atoms with Crippen molar-refractivity contribution in [3.05, 3.63) is 57.5 Å². The van der Waals surface area contributed by atoms with Crippen LogP contribution in [0.25, 0.3) is 10.6 Å². The number of rotatable bonds is 3. The summed E-state index contributed by atoms with van der Waals surface area (Å²) in [6, 6.07) is 9.19. The van der Waals surface area contributed by atoms with Crippen molar-refractivity contribution in [3.63, 3.8) is 0 Å². The Morgan fingerprint density at radius 2 is 2.14 bits per heavy atom. The standard InChI is InChI=1S/C14H8ClFN2OS2/c15-12-5-4-11(21-12)10-7-20-14(17-10)18-13(19)8-2-1-3-9(16)6-8/h1-7H,(H,17,18,19). The summed E-state index contributed by atoms with van der Waals surface area (Å²) in [5, 5.41) is 4.95. The van der Waals surface area contributed by atoms with Crippen molar-refractivity contribution in [1.29, 1.82) is 0 Å². The number of amides is 1. The molecule has 1 amide bonds. The van der Waals surface area contributed by atoms with Crippen molar-refractivity contribution < 1.29 is 9.18 Å². The Balaban J connectivity index is 1.77. The summed E-state index contributed by atoms with van der Waals surface area (Å²) >= 11 is 8.61. The molecule has 0 radical (unpaired) electrons. The van der Waals surface area contributed by atoms with E-state index in [1.165, 1.54) is 40.9 Å². The van der Waals surface area contributed by atoms with Crippen molar-refractivity contribution in [2.75, 3.05) is 5.32 Å². The molecule has 3 rings (SSSR count). The average molecular weight is 339 g/mol. The number of hydrogen-bond acceptors (Lipinski definition) is 4. The van der Waals surface area contributed by atoms with Crippen LogP contribution in [0.15, 0.2) is 41.8 Å². The number of hydrogen-bond donors (Lipinski definition) is 1. The highest BCUT2D eigenvalue weighted by atomic mass is 35.5. The van der Waals surface area contributed by atoms with Gasteiger partial charge in [-0.1, -0.05) is 17.7 Å². The quantitative estimate of drug-likeness (QED) is 0.736. The molecule has 0 fully saturated rings. The maximum Gasteiger partial charge on any atom is 0.257 e. The van der Waals surface area contributed by atoms with Crippen LogP contribution in [0.4, 0.5) is 9.52 Å². The first-order valence-electron chi connectivity index (χ1n) is 5.90. The molecule has 2 aromatic heterocycles. The number of benzene rings is 1. The van der Waals surface area contributed by atoms with E-state index < -0.39 is 5.82 Å². The molecule has 2 heterocycles. The minimum atomic E-state index is -0.448. The van der Waals surface area contributed by atoms with Crippen molar-refractivity contribution in [2.45, 2.75) is 0 Å². The van der Waals surface area contributed by atoms with Gasteiger partial charge >= 0.3 is 0 Å². The van der Waals surface area contributed by atoms with Gasteiger partial charge in [0.1, 0.15) is 5.82 Å². The van der Waals surface area contributed by atoms with Crippen LogP contribution in [0.5, 0.6) is 0 Å². The van der Waals surface area contributed by atoms with Crippen molar-refractivity contribution in [2.24, 2.45) is 0 Å². The van der Waals surface area contributed by atoms with Gasteiger partial charge in [-0.2, -0.15) is 0 Å². The monoisotopic (exact) mass is 338 g/mol. The predicted molar refractivity (Wildman–Crippen MR) is 84.8 cm³/mol. The molecule has 21 heavy (non-hydrogen) atoms. The van der Waals surface area contributed by atoms with E-state index >= 15 is 0 Å². The SMILES string of the molecule is O=C(Nc1nc(-c2ccc(Cl)s2)cs1)c1cccc(F)c1. The predicted octanol–water partition coefficient (Wildman–Crippen LogP) is 4.92. The van der Waals surface area contributed by atoms with Gasteiger partial charge < -0.3 is 0 Å². The molecule has 0 aliphatic rings. The number of thiophene rings is 1. The lowest BCUT2D eigenvalue weighted by Gasteiger charge is -2.01. The van der Waals surface area contributed by atoms with Crippen LogP contribution < -0.4 is 5.32 Å². The first-order valence-corrected chi connectivity index (χ1v) is 7.97. The lowest BCUT2D eigenvalue weighted by Crippen LogP contribution is -2.11. The number of anilines is 1. The molecule has 0 aliphatic heterocycles. The summed E-state index contributed by atoms with van der Waals surface area (Å²) in [6.07, 6.45) is 0. The van der Waals surface area contributed by atoms with E-state index in [2.05, 4.69) is 10.3 Å². The Kier molecular flexibility index (Phi) is 4.01. The number of nitrogens with zero attached hydrogens (tertiary/aromatic N) is 1. The molecule has 0 atom stereocenters. The summed E-state index contributed by atoms with van der Waals surface area (Å²) < 4.78 is 13.8. The number of nitrogens with one attached hydrogen (secondary N) is 1. The maximum absolute atomic E-state index is 13.1. The highest BCUT2D eigenvalue weighted by Gasteiger charge is 2.11. The average Bonchev–Trinajstić information content (AvgIpc) is 3.07. The van der Waals surface area contributed by atoms with Gasteiger partial charge in [0, 0.05) is 10.9 Å². The highest BCUT2D eigenvalue weighted by molar-refractivity contribution is 7.20. The van der Waals surface area contributed by atoms with Gasteiger partial charge in [0.2, 0.25) is 0 Å². The third kappa shape index (κ3) is 3.29. The lowest BCUT2D eigenvalue weighted by atomic mass is 10.2. The minimum Gasteiger partial charge on any atom is -0.298 e. The highest BCUT2D eigenvalue weighted by Crippen LogP contribution is 2.32. The Morgan fingerprint density at radius 1 is 1.29 bits per heavy atom. The normalized spacial score (nSPS) is 10.6. The lowest BCUT2D eigenvalue weighted by molar-refractivity contribution is 0.102. The van der Waals surface area contributed by atoms with E-state index in [4.69, 9.17) is 11.6 Å². The van der Waals surface area contributed by atoms with Gasteiger partial charge in [-0.25, -0.2) is 9.37 Å². The smallest absolute Gasteiger partial charge is 0.257 e.